The summed E-state index contributed by atoms with van der Waals surface area (Å²) in [6.45, 7) is 2.82. The fourth-order valence-electron chi connectivity index (χ4n) is 2.57. The van der Waals surface area contributed by atoms with E-state index in [2.05, 4.69) is 15.7 Å². The van der Waals surface area contributed by atoms with Gasteiger partial charge in [-0.25, -0.2) is 9.48 Å². The molecular weight excluding hydrogens is 344 g/mol. The number of nitrogens with one attached hydrogen (secondary N) is 2. The molecule has 0 aliphatic rings. The first-order valence-corrected chi connectivity index (χ1v) is 8.64. The van der Waals surface area contributed by atoms with Crippen LogP contribution >= 0.6 is 0 Å². The Morgan fingerprint density at radius 1 is 1.15 bits per heavy atom. The van der Waals surface area contributed by atoms with Crippen LogP contribution in [0.2, 0.25) is 0 Å². The summed E-state index contributed by atoms with van der Waals surface area (Å²) in [4.78, 5) is 12.2. The Kier molecular flexibility index (Phi) is 5.94. The van der Waals surface area contributed by atoms with Crippen LogP contribution in [-0.4, -0.2) is 29.5 Å². The van der Waals surface area contributed by atoms with Gasteiger partial charge >= 0.3 is 6.03 Å². The molecule has 0 saturated heterocycles. The van der Waals surface area contributed by atoms with Crippen molar-refractivity contribution in [2.24, 2.45) is 0 Å². The summed E-state index contributed by atoms with van der Waals surface area (Å²) in [6.07, 6.45) is 3.61. The molecular formula is C20H22N4O3. The first kappa shape index (κ1) is 18.3. The predicted molar refractivity (Wildman–Crippen MR) is 104 cm³/mol. The predicted octanol–water partition coefficient (Wildman–Crippen LogP) is 3.60. The Morgan fingerprint density at radius 3 is 2.63 bits per heavy atom. The monoisotopic (exact) mass is 366 g/mol. The highest BCUT2D eigenvalue weighted by Crippen LogP contribution is 2.30. The van der Waals surface area contributed by atoms with E-state index >= 15 is 0 Å². The van der Waals surface area contributed by atoms with Crippen LogP contribution in [0.25, 0.3) is 5.69 Å². The van der Waals surface area contributed by atoms with Gasteiger partial charge in [-0.1, -0.05) is 12.1 Å². The van der Waals surface area contributed by atoms with Gasteiger partial charge in [-0.3, -0.25) is 0 Å². The minimum absolute atomic E-state index is 0.293. The van der Waals surface area contributed by atoms with Crippen LogP contribution in [-0.2, 0) is 6.54 Å². The number of anilines is 1. The average molecular weight is 366 g/mol. The Hall–Kier alpha value is -3.48. The van der Waals surface area contributed by atoms with E-state index in [0.29, 0.717) is 30.3 Å². The van der Waals surface area contributed by atoms with Gasteiger partial charge in [0.2, 0.25) is 0 Å². The highest BCUT2D eigenvalue weighted by Gasteiger charge is 2.08. The van der Waals surface area contributed by atoms with Crippen LogP contribution in [0.1, 0.15) is 12.5 Å². The quantitative estimate of drug-likeness (QED) is 0.670. The molecule has 7 nitrogen and oxygen atoms in total. The normalized spacial score (nSPS) is 10.3. The summed E-state index contributed by atoms with van der Waals surface area (Å²) >= 11 is 0. The van der Waals surface area contributed by atoms with Crippen molar-refractivity contribution in [2.75, 3.05) is 19.0 Å². The van der Waals surface area contributed by atoms with E-state index in [4.69, 9.17) is 9.47 Å². The van der Waals surface area contributed by atoms with Gasteiger partial charge in [0.1, 0.15) is 0 Å². The lowest BCUT2D eigenvalue weighted by atomic mass is 10.2. The van der Waals surface area contributed by atoms with E-state index in [1.165, 1.54) is 0 Å². The molecule has 2 N–H and O–H groups in total. The molecule has 0 fully saturated rings. The maximum Gasteiger partial charge on any atom is 0.319 e. The van der Waals surface area contributed by atoms with E-state index in [1.54, 1.807) is 36.2 Å². The number of amides is 2. The number of aromatic nitrogens is 2. The van der Waals surface area contributed by atoms with E-state index < -0.39 is 0 Å². The van der Waals surface area contributed by atoms with Gasteiger partial charge in [-0.2, -0.15) is 5.10 Å². The summed E-state index contributed by atoms with van der Waals surface area (Å²) < 4.78 is 12.5. The number of rotatable bonds is 7. The van der Waals surface area contributed by atoms with Gasteiger partial charge in [0.15, 0.2) is 11.5 Å². The number of benzene rings is 2. The van der Waals surface area contributed by atoms with E-state index in [-0.39, 0.29) is 6.03 Å². The summed E-state index contributed by atoms with van der Waals surface area (Å²) in [6, 6.07) is 14.7. The Bertz CT molecular complexity index is 877. The maximum atomic E-state index is 12.2. The lowest BCUT2D eigenvalue weighted by Gasteiger charge is -2.12. The third kappa shape index (κ3) is 4.78. The summed E-state index contributed by atoms with van der Waals surface area (Å²) in [7, 11) is 1.58. The second-order valence-electron chi connectivity index (χ2n) is 5.72. The summed E-state index contributed by atoms with van der Waals surface area (Å²) in [5.74, 6) is 1.21. The van der Waals surface area contributed by atoms with Gasteiger partial charge in [-0.15, -0.1) is 0 Å². The van der Waals surface area contributed by atoms with Crippen LogP contribution < -0.4 is 20.1 Å². The minimum Gasteiger partial charge on any atom is -0.493 e. The lowest BCUT2D eigenvalue weighted by molar-refractivity contribution is 0.251. The molecule has 2 aromatic carbocycles. The number of nitrogens with zero attached hydrogens (tertiary/aromatic N) is 2. The van der Waals surface area contributed by atoms with Crippen LogP contribution in [0.3, 0.4) is 0 Å². The molecule has 7 heteroatoms. The third-order valence-electron chi connectivity index (χ3n) is 3.88. The Balaban J connectivity index is 1.56. The highest BCUT2D eigenvalue weighted by atomic mass is 16.5. The number of ether oxygens (including phenoxy) is 2. The van der Waals surface area contributed by atoms with Crippen LogP contribution in [0.4, 0.5) is 10.5 Å². The molecule has 0 aliphatic carbocycles. The molecule has 0 radical (unpaired) electrons. The Labute approximate surface area is 157 Å². The molecule has 3 rings (SSSR count). The van der Waals surface area contributed by atoms with Crippen molar-refractivity contribution in [1.29, 1.82) is 0 Å². The molecule has 27 heavy (non-hydrogen) atoms. The molecule has 0 unspecified atom stereocenters. The first-order valence-electron chi connectivity index (χ1n) is 8.64. The zero-order chi connectivity index (χ0) is 19.1. The van der Waals surface area contributed by atoms with Gasteiger partial charge < -0.3 is 20.1 Å². The zero-order valence-corrected chi connectivity index (χ0v) is 15.3. The summed E-state index contributed by atoms with van der Waals surface area (Å²) in [5, 5.41) is 9.82. The van der Waals surface area contributed by atoms with Crippen molar-refractivity contribution < 1.29 is 14.3 Å². The van der Waals surface area contributed by atoms with Crippen molar-refractivity contribution >= 4 is 11.7 Å². The van der Waals surface area contributed by atoms with Crippen LogP contribution in [0.15, 0.2) is 60.9 Å². The number of hydrogen-bond donors (Lipinski definition) is 2. The maximum absolute atomic E-state index is 12.2. The minimum atomic E-state index is -0.293. The molecule has 1 aromatic heterocycles. The average Bonchev–Trinajstić information content (AvgIpc) is 3.22. The second kappa shape index (κ2) is 8.75. The van der Waals surface area contributed by atoms with Gasteiger partial charge in [0.05, 0.1) is 19.4 Å². The van der Waals surface area contributed by atoms with Gasteiger partial charge in [0.25, 0.3) is 0 Å². The van der Waals surface area contributed by atoms with Crippen LogP contribution in [0, 0.1) is 0 Å². The molecule has 0 bridgehead atoms. The Morgan fingerprint density at radius 2 is 1.96 bits per heavy atom. The highest BCUT2D eigenvalue weighted by molar-refractivity contribution is 5.89. The fourth-order valence-corrected chi connectivity index (χ4v) is 2.57. The van der Waals surface area contributed by atoms with Crippen molar-refractivity contribution in [3.8, 4) is 17.2 Å². The van der Waals surface area contributed by atoms with Gasteiger partial charge in [0, 0.05) is 30.7 Å². The smallest absolute Gasteiger partial charge is 0.319 e. The molecule has 140 valence electrons. The molecule has 2 amide bonds. The third-order valence-corrected chi connectivity index (χ3v) is 3.88. The van der Waals surface area contributed by atoms with Crippen molar-refractivity contribution in [1.82, 2.24) is 15.1 Å². The van der Waals surface area contributed by atoms with Crippen molar-refractivity contribution in [3.63, 3.8) is 0 Å². The molecule has 0 spiro atoms. The standard InChI is InChI=1S/C20H22N4O3/c1-3-27-19-13-16(7-10-18(19)26-2)23-20(25)21-14-15-5-8-17(9-6-15)24-12-4-11-22-24/h4-13H,3,14H2,1-2H3,(H2,21,23,25). The lowest BCUT2D eigenvalue weighted by Crippen LogP contribution is -2.28. The molecule has 0 saturated carbocycles. The van der Waals surface area contributed by atoms with Crippen LogP contribution in [0.5, 0.6) is 11.5 Å². The zero-order valence-electron chi connectivity index (χ0n) is 15.3. The largest absolute Gasteiger partial charge is 0.493 e. The van der Waals surface area contributed by atoms with Crippen molar-refractivity contribution in [3.05, 3.63) is 66.5 Å². The molecule has 0 atom stereocenters. The number of hydrogen-bond acceptors (Lipinski definition) is 4. The fraction of sp³-hybridized carbons (Fsp3) is 0.200. The van der Waals surface area contributed by atoms with Crippen molar-refractivity contribution in [2.45, 2.75) is 13.5 Å². The molecule has 3 aromatic rings. The van der Waals surface area contributed by atoms with Gasteiger partial charge in [-0.05, 0) is 42.8 Å². The number of carbonyl (C=O) groups excluding carboxylic acids is 1. The van der Waals surface area contributed by atoms with E-state index in [1.807, 2.05) is 43.5 Å². The number of urea groups is 1. The van der Waals surface area contributed by atoms with E-state index in [9.17, 15) is 4.79 Å². The number of methoxy groups -OCH3 is 1. The number of carbonyl (C=O) groups is 1. The molecule has 0 aliphatic heterocycles. The second-order valence-corrected chi connectivity index (χ2v) is 5.72. The molecule has 1 heterocycles. The SMILES string of the molecule is CCOc1cc(NC(=O)NCc2ccc(-n3cccn3)cc2)ccc1OC. The topological polar surface area (TPSA) is 77.4 Å². The van der Waals surface area contributed by atoms with E-state index in [0.717, 1.165) is 11.3 Å². The first-order chi connectivity index (χ1) is 13.2. The summed E-state index contributed by atoms with van der Waals surface area (Å²) in [5.41, 5.74) is 2.59.